The standard InChI is InChI=1S/C17H18/c1-2-6-14(7-3-1)10-11-16-13-12-15-8-4-5-9-17(15)16/h1-9,16H,10-13H2/i5D,16D. The Balaban J connectivity index is 1.81. The average molecular weight is 224 g/mol. The van der Waals surface area contributed by atoms with Crippen LogP contribution in [0.5, 0.6) is 0 Å². The minimum atomic E-state index is -0.498. The number of fused-ring (bicyclic) bond motifs is 1. The van der Waals surface area contributed by atoms with Gasteiger partial charge in [-0.05, 0) is 48.3 Å². The highest BCUT2D eigenvalue weighted by Gasteiger charge is 2.21. The normalized spacial score (nSPS) is 24.0. The van der Waals surface area contributed by atoms with E-state index < -0.39 is 5.89 Å². The molecular weight excluding hydrogens is 204 g/mol. The van der Waals surface area contributed by atoms with Crippen LogP contribution in [0.25, 0.3) is 0 Å². The fourth-order valence-electron chi connectivity index (χ4n) is 2.63. The predicted octanol–water partition coefficient (Wildman–Crippen LogP) is 4.35. The van der Waals surface area contributed by atoms with Gasteiger partial charge in [0.25, 0.3) is 0 Å². The van der Waals surface area contributed by atoms with E-state index in [0.29, 0.717) is 6.04 Å². The lowest BCUT2D eigenvalue weighted by Gasteiger charge is -2.11. The quantitative estimate of drug-likeness (QED) is 0.727. The minimum absolute atomic E-state index is 0.498. The highest BCUT2D eigenvalue weighted by molar-refractivity contribution is 5.35. The van der Waals surface area contributed by atoms with Gasteiger partial charge in [0.05, 0.1) is 1.37 Å². The van der Waals surface area contributed by atoms with Gasteiger partial charge in [0.15, 0.2) is 0 Å². The van der Waals surface area contributed by atoms with E-state index in [-0.39, 0.29) is 0 Å². The Morgan fingerprint density at radius 1 is 1.12 bits per heavy atom. The molecule has 0 saturated heterocycles. The molecule has 0 N–H and O–H groups in total. The topological polar surface area (TPSA) is 0 Å². The van der Waals surface area contributed by atoms with Crippen LogP contribution in [0.3, 0.4) is 0 Å². The second kappa shape index (κ2) is 4.75. The van der Waals surface area contributed by atoms with Crippen molar-refractivity contribution in [2.24, 2.45) is 0 Å². The summed E-state index contributed by atoms with van der Waals surface area (Å²) < 4.78 is 16.5. The number of benzene rings is 2. The maximum Gasteiger partial charge on any atom is 0.0623 e. The van der Waals surface area contributed by atoms with Gasteiger partial charge in [-0.2, -0.15) is 0 Å². The molecule has 1 aliphatic rings. The summed E-state index contributed by atoms with van der Waals surface area (Å²) in [4.78, 5) is 0. The number of hydrogen-bond acceptors (Lipinski definition) is 0. The number of hydrogen-bond donors (Lipinski definition) is 0. The van der Waals surface area contributed by atoms with Crippen LogP contribution in [0.2, 0.25) is 0 Å². The van der Waals surface area contributed by atoms with Gasteiger partial charge in [-0.3, -0.25) is 0 Å². The molecule has 0 amide bonds. The van der Waals surface area contributed by atoms with E-state index in [1.165, 1.54) is 11.1 Å². The van der Waals surface area contributed by atoms with Gasteiger partial charge >= 0.3 is 0 Å². The van der Waals surface area contributed by atoms with E-state index in [2.05, 4.69) is 24.3 Å². The zero-order valence-electron chi connectivity index (χ0n) is 11.9. The molecule has 1 atom stereocenters. The Hall–Kier alpha value is -1.56. The first kappa shape index (κ1) is 8.52. The zero-order chi connectivity index (χ0) is 13.3. The van der Waals surface area contributed by atoms with Crippen molar-refractivity contribution < 1.29 is 2.74 Å². The Morgan fingerprint density at radius 3 is 2.88 bits per heavy atom. The lowest BCUT2D eigenvalue weighted by atomic mass is 9.94. The molecule has 0 saturated carbocycles. The van der Waals surface area contributed by atoms with Crippen LogP contribution in [0.4, 0.5) is 0 Å². The molecule has 2 aromatic rings. The molecule has 0 spiro atoms. The molecule has 0 aliphatic heterocycles. The molecule has 1 unspecified atom stereocenters. The summed E-state index contributed by atoms with van der Waals surface area (Å²) in [7, 11) is 0. The summed E-state index contributed by atoms with van der Waals surface area (Å²) in [5.41, 5.74) is 3.64. The van der Waals surface area contributed by atoms with Crippen molar-refractivity contribution in [2.45, 2.75) is 31.6 Å². The van der Waals surface area contributed by atoms with Gasteiger partial charge in [-0.25, -0.2) is 0 Å². The Kier molecular flexibility index (Phi) is 2.38. The average Bonchev–Trinajstić information content (AvgIpc) is 2.76. The third kappa shape index (κ3) is 2.26. The van der Waals surface area contributed by atoms with Gasteiger partial charge in [0, 0.05) is 1.37 Å². The summed E-state index contributed by atoms with van der Waals surface area (Å²) >= 11 is 0. The van der Waals surface area contributed by atoms with Gasteiger partial charge in [-0.1, -0.05) is 54.6 Å². The van der Waals surface area contributed by atoms with Crippen LogP contribution >= 0.6 is 0 Å². The number of rotatable bonds is 3. The SMILES string of the molecule is [2H]c1ccc2c(c1)C([2H])(CCc1ccccc1)CC2. The molecule has 0 nitrogen and oxygen atoms in total. The van der Waals surface area contributed by atoms with Crippen molar-refractivity contribution in [1.29, 1.82) is 0 Å². The van der Waals surface area contributed by atoms with Gasteiger partial charge in [0.1, 0.15) is 0 Å². The summed E-state index contributed by atoms with van der Waals surface area (Å²) in [6, 6.07) is 16.7. The Labute approximate surface area is 106 Å². The lowest BCUT2D eigenvalue weighted by Crippen LogP contribution is -1.96. The molecule has 0 aromatic heterocycles. The fourth-order valence-corrected chi connectivity index (χ4v) is 2.63. The molecular formula is C17H18. The van der Waals surface area contributed by atoms with Crippen molar-refractivity contribution in [3.8, 4) is 0 Å². The monoisotopic (exact) mass is 224 g/mol. The van der Waals surface area contributed by atoms with E-state index in [1.54, 1.807) is 0 Å². The maximum absolute atomic E-state index is 8.72. The summed E-state index contributed by atoms with van der Waals surface area (Å²) in [5, 5.41) is 0. The van der Waals surface area contributed by atoms with E-state index in [4.69, 9.17) is 2.74 Å². The molecule has 0 bridgehead atoms. The molecule has 1 aliphatic carbocycles. The van der Waals surface area contributed by atoms with Crippen LogP contribution in [-0.4, -0.2) is 0 Å². The van der Waals surface area contributed by atoms with E-state index in [9.17, 15) is 0 Å². The first-order chi connectivity index (χ1) is 9.17. The second-order valence-electron chi connectivity index (χ2n) is 4.67. The highest BCUT2D eigenvalue weighted by Crippen LogP contribution is 2.35. The third-order valence-electron chi connectivity index (χ3n) is 3.59. The zero-order valence-corrected chi connectivity index (χ0v) is 9.95. The first-order valence-corrected chi connectivity index (χ1v) is 6.31. The van der Waals surface area contributed by atoms with Crippen LogP contribution < -0.4 is 0 Å². The second-order valence-corrected chi connectivity index (χ2v) is 4.67. The van der Waals surface area contributed by atoms with Crippen molar-refractivity contribution in [3.05, 3.63) is 71.3 Å². The van der Waals surface area contributed by atoms with Gasteiger partial charge in [-0.15, -0.1) is 0 Å². The van der Waals surface area contributed by atoms with Gasteiger partial charge in [0.2, 0.25) is 0 Å². The molecule has 86 valence electrons. The predicted molar refractivity (Wildman–Crippen MR) is 72.3 cm³/mol. The molecule has 3 rings (SSSR count). The molecule has 17 heavy (non-hydrogen) atoms. The van der Waals surface area contributed by atoms with E-state index >= 15 is 0 Å². The first-order valence-electron chi connectivity index (χ1n) is 7.31. The molecule has 0 heteroatoms. The molecule has 2 aromatic carbocycles. The smallest absolute Gasteiger partial charge is 0.0622 e. The third-order valence-corrected chi connectivity index (χ3v) is 3.59. The van der Waals surface area contributed by atoms with E-state index in [1.807, 2.05) is 24.3 Å². The van der Waals surface area contributed by atoms with Crippen LogP contribution in [0.1, 0.15) is 38.2 Å². The minimum Gasteiger partial charge on any atom is -0.0622 e. The highest BCUT2D eigenvalue weighted by atomic mass is 14.3. The largest absolute Gasteiger partial charge is 0.0623 e. The Bertz CT molecular complexity index is 577. The van der Waals surface area contributed by atoms with Crippen molar-refractivity contribution in [1.82, 2.24) is 0 Å². The van der Waals surface area contributed by atoms with Crippen LogP contribution in [0.15, 0.2) is 54.6 Å². The van der Waals surface area contributed by atoms with Gasteiger partial charge < -0.3 is 0 Å². The van der Waals surface area contributed by atoms with E-state index in [0.717, 1.165) is 31.2 Å². The van der Waals surface area contributed by atoms with Crippen LogP contribution in [-0.2, 0) is 12.8 Å². The van der Waals surface area contributed by atoms with Crippen molar-refractivity contribution in [3.63, 3.8) is 0 Å². The molecule has 0 fully saturated rings. The summed E-state index contributed by atoms with van der Waals surface area (Å²) in [6.45, 7) is 0. The fraction of sp³-hybridized carbons (Fsp3) is 0.294. The molecule has 0 radical (unpaired) electrons. The van der Waals surface area contributed by atoms with Crippen molar-refractivity contribution in [2.75, 3.05) is 0 Å². The molecule has 0 heterocycles. The van der Waals surface area contributed by atoms with Crippen LogP contribution in [0, 0.1) is 0 Å². The summed E-state index contributed by atoms with van der Waals surface area (Å²) in [6.07, 6.45) is 3.64. The number of aryl methyl sites for hydroxylation is 2. The lowest BCUT2D eigenvalue weighted by molar-refractivity contribution is 0.619. The Morgan fingerprint density at radius 2 is 2.00 bits per heavy atom. The summed E-state index contributed by atoms with van der Waals surface area (Å²) in [5.74, 6) is -0.498. The maximum atomic E-state index is 8.72. The van der Waals surface area contributed by atoms with Crippen molar-refractivity contribution >= 4 is 0 Å².